The average Bonchev–Trinajstić information content (AvgIpc) is 2.78. The van der Waals surface area contributed by atoms with Crippen LogP contribution in [0.5, 0.6) is 0 Å². The molecule has 1 fully saturated rings. The second kappa shape index (κ2) is 5.51. The normalized spacial score (nSPS) is 24.5. The molecular weight excluding hydrogens is 250 g/mol. The van der Waals surface area contributed by atoms with Gasteiger partial charge in [0.05, 0.1) is 6.07 Å². The summed E-state index contributed by atoms with van der Waals surface area (Å²) < 4.78 is 5.43. The van der Waals surface area contributed by atoms with E-state index in [1.807, 2.05) is 6.92 Å². The van der Waals surface area contributed by atoms with Gasteiger partial charge in [-0.25, -0.2) is 0 Å². The minimum atomic E-state index is -0.771. The molecule has 1 aromatic carbocycles. The number of nitrogens with zero attached hydrogens (tertiary/aromatic N) is 1. The predicted molar refractivity (Wildman–Crippen MR) is 68.3 cm³/mol. The fourth-order valence-corrected chi connectivity index (χ4v) is 2.31. The van der Waals surface area contributed by atoms with Crippen LogP contribution in [0, 0.1) is 17.2 Å². The van der Waals surface area contributed by atoms with Gasteiger partial charge >= 0.3 is 0 Å². The maximum absolute atomic E-state index is 12.3. The van der Waals surface area contributed by atoms with E-state index in [4.69, 9.17) is 16.3 Å². The number of halogens is 1. The SMILES string of the molecule is CC1CCOC1C(=O)C(C#N)c1ccc(Cl)cc1. The molecule has 0 aliphatic carbocycles. The molecule has 2 rings (SSSR count). The number of ether oxygens (including phenoxy) is 1. The number of rotatable bonds is 3. The van der Waals surface area contributed by atoms with E-state index in [0.717, 1.165) is 6.42 Å². The van der Waals surface area contributed by atoms with Crippen LogP contribution in [-0.2, 0) is 9.53 Å². The standard InChI is InChI=1S/C14H14ClNO2/c1-9-6-7-18-14(9)13(17)12(8-16)10-2-4-11(15)5-3-10/h2-5,9,12,14H,6-7H2,1H3. The third-order valence-electron chi connectivity index (χ3n) is 3.28. The van der Waals surface area contributed by atoms with Crippen molar-refractivity contribution in [1.29, 1.82) is 5.26 Å². The van der Waals surface area contributed by atoms with Gasteiger partial charge in [-0.15, -0.1) is 0 Å². The summed E-state index contributed by atoms with van der Waals surface area (Å²) >= 11 is 5.80. The molecule has 0 radical (unpaired) electrons. The van der Waals surface area contributed by atoms with Gasteiger partial charge in [-0.05, 0) is 30.0 Å². The number of hydrogen-bond donors (Lipinski definition) is 0. The molecule has 0 bridgehead atoms. The van der Waals surface area contributed by atoms with Crippen molar-refractivity contribution in [1.82, 2.24) is 0 Å². The van der Waals surface area contributed by atoms with Crippen LogP contribution < -0.4 is 0 Å². The van der Waals surface area contributed by atoms with Crippen LogP contribution in [0.2, 0.25) is 5.02 Å². The van der Waals surface area contributed by atoms with Crippen LogP contribution in [0.3, 0.4) is 0 Å². The van der Waals surface area contributed by atoms with E-state index in [2.05, 4.69) is 6.07 Å². The van der Waals surface area contributed by atoms with E-state index in [1.54, 1.807) is 24.3 Å². The lowest BCUT2D eigenvalue weighted by molar-refractivity contribution is -0.129. The molecule has 1 saturated heterocycles. The van der Waals surface area contributed by atoms with Crippen molar-refractivity contribution in [3.8, 4) is 6.07 Å². The van der Waals surface area contributed by atoms with Crippen LogP contribution in [0.25, 0.3) is 0 Å². The van der Waals surface area contributed by atoms with Crippen LogP contribution in [0.4, 0.5) is 0 Å². The molecular formula is C14H14ClNO2. The number of carbonyl (C=O) groups is 1. The second-order valence-electron chi connectivity index (χ2n) is 4.57. The Bertz CT molecular complexity index is 478. The number of hydrogen-bond acceptors (Lipinski definition) is 3. The molecule has 1 heterocycles. The highest BCUT2D eigenvalue weighted by molar-refractivity contribution is 6.30. The van der Waals surface area contributed by atoms with Gasteiger partial charge in [0.15, 0.2) is 5.78 Å². The maximum Gasteiger partial charge on any atom is 0.183 e. The van der Waals surface area contributed by atoms with Crippen molar-refractivity contribution in [2.75, 3.05) is 6.61 Å². The van der Waals surface area contributed by atoms with Crippen molar-refractivity contribution in [3.05, 3.63) is 34.9 Å². The van der Waals surface area contributed by atoms with Crippen LogP contribution in [0.1, 0.15) is 24.8 Å². The van der Waals surface area contributed by atoms with Crippen molar-refractivity contribution >= 4 is 17.4 Å². The van der Waals surface area contributed by atoms with Crippen LogP contribution in [0.15, 0.2) is 24.3 Å². The summed E-state index contributed by atoms with van der Waals surface area (Å²) in [6.45, 7) is 2.57. The highest BCUT2D eigenvalue weighted by Gasteiger charge is 2.35. The van der Waals surface area contributed by atoms with Crippen LogP contribution >= 0.6 is 11.6 Å². The van der Waals surface area contributed by atoms with Gasteiger partial charge < -0.3 is 4.74 Å². The van der Waals surface area contributed by atoms with Gasteiger partial charge in [-0.3, -0.25) is 4.79 Å². The van der Waals surface area contributed by atoms with E-state index < -0.39 is 12.0 Å². The third kappa shape index (κ3) is 2.55. The number of ketones is 1. The van der Waals surface area contributed by atoms with Gasteiger partial charge in [-0.2, -0.15) is 5.26 Å². The Morgan fingerprint density at radius 1 is 1.50 bits per heavy atom. The topological polar surface area (TPSA) is 50.1 Å². The fraction of sp³-hybridized carbons (Fsp3) is 0.429. The molecule has 0 saturated carbocycles. The summed E-state index contributed by atoms with van der Waals surface area (Å²) in [6.07, 6.45) is 0.417. The first-order valence-electron chi connectivity index (χ1n) is 5.94. The quantitative estimate of drug-likeness (QED) is 0.842. The minimum Gasteiger partial charge on any atom is -0.370 e. The Morgan fingerprint density at radius 2 is 2.17 bits per heavy atom. The van der Waals surface area contributed by atoms with Crippen molar-refractivity contribution < 1.29 is 9.53 Å². The number of nitriles is 1. The molecule has 18 heavy (non-hydrogen) atoms. The summed E-state index contributed by atoms with van der Waals surface area (Å²) in [7, 11) is 0. The highest BCUT2D eigenvalue weighted by atomic mass is 35.5. The Labute approximate surface area is 111 Å². The number of carbonyl (C=O) groups excluding carboxylic acids is 1. The van der Waals surface area contributed by atoms with Gasteiger partial charge in [0.25, 0.3) is 0 Å². The number of benzene rings is 1. The Hall–Kier alpha value is -1.37. The second-order valence-corrected chi connectivity index (χ2v) is 5.01. The van der Waals surface area contributed by atoms with Gasteiger partial charge in [0.1, 0.15) is 12.0 Å². The summed E-state index contributed by atoms with van der Waals surface area (Å²) in [6, 6.07) is 8.87. The maximum atomic E-state index is 12.3. The molecule has 4 heteroatoms. The molecule has 1 aliphatic rings. The van der Waals surface area contributed by atoms with Crippen molar-refractivity contribution in [2.24, 2.45) is 5.92 Å². The van der Waals surface area contributed by atoms with Crippen LogP contribution in [-0.4, -0.2) is 18.5 Å². The summed E-state index contributed by atoms with van der Waals surface area (Å²) in [4.78, 5) is 12.3. The van der Waals surface area contributed by atoms with Crippen molar-refractivity contribution in [2.45, 2.75) is 25.4 Å². The van der Waals surface area contributed by atoms with Gasteiger partial charge in [-0.1, -0.05) is 30.7 Å². The van der Waals surface area contributed by atoms with E-state index in [-0.39, 0.29) is 11.7 Å². The molecule has 0 aromatic heterocycles. The molecule has 3 nitrogen and oxygen atoms in total. The Kier molecular flexibility index (Phi) is 4.00. The van der Waals surface area contributed by atoms with Gasteiger partial charge in [0, 0.05) is 11.6 Å². The highest BCUT2D eigenvalue weighted by Crippen LogP contribution is 2.27. The Morgan fingerprint density at radius 3 is 2.67 bits per heavy atom. The lowest BCUT2D eigenvalue weighted by Crippen LogP contribution is -2.29. The predicted octanol–water partition coefficient (Wildman–Crippen LogP) is 2.94. The summed E-state index contributed by atoms with van der Waals surface area (Å²) in [5.41, 5.74) is 0.676. The van der Waals surface area contributed by atoms with E-state index >= 15 is 0 Å². The zero-order valence-electron chi connectivity index (χ0n) is 10.1. The lowest BCUT2D eigenvalue weighted by Gasteiger charge is -2.17. The molecule has 3 unspecified atom stereocenters. The van der Waals surface area contributed by atoms with Crippen molar-refractivity contribution in [3.63, 3.8) is 0 Å². The first-order chi connectivity index (χ1) is 8.63. The molecule has 94 valence electrons. The molecule has 3 atom stereocenters. The van der Waals surface area contributed by atoms with E-state index in [0.29, 0.717) is 17.2 Å². The van der Waals surface area contributed by atoms with E-state index in [9.17, 15) is 10.1 Å². The molecule has 1 aliphatic heterocycles. The molecule has 0 spiro atoms. The smallest absolute Gasteiger partial charge is 0.183 e. The van der Waals surface area contributed by atoms with Gasteiger partial charge in [0.2, 0.25) is 0 Å². The first-order valence-corrected chi connectivity index (χ1v) is 6.31. The third-order valence-corrected chi connectivity index (χ3v) is 3.54. The monoisotopic (exact) mass is 263 g/mol. The van der Waals surface area contributed by atoms with E-state index in [1.165, 1.54) is 0 Å². The lowest BCUT2D eigenvalue weighted by atomic mass is 9.88. The Balaban J connectivity index is 2.21. The average molecular weight is 264 g/mol. The zero-order valence-corrected chi connectivity index (χ0v) is 10.9. The largest absolute Gasteiger partial charge is 0.370 e. The minimum absolute atomic E-state index is 0.148. The molecule has 0 amide bonds. The number of Topliss-reactive ketones (excluding diaryl/α,β-unsaturated/α-hetero) is 1. The molecule has 1 aromatic rings. The summed E-state index contributed by atoms with van der Waals surface area (Å²) in [5.74, 6) is -0.738. The first kappa shape index (κ1) is 13.1. The fourth-order valence-electron chi connectivity index (χ4n) is 2.18. The zero-order chi connectivity index (χ0) is 13.1. The summed E-state index contributed by atoms with van der Waals surface area (Å²) in [5, 5.41) is 9.80. The molecule has 0 N–H and O–H groups in total.